The van der Waals surface area contributed by atoms with E-state index in [1.54, 1.807) is 0 Å². The second kappa shape index (κ2) is 13.7. The molecule has 0 aromatic heterocycles. The highest BCUT2D eigenvalue weighted by atomic mass is 35.5. The molecule has 5 heteroatoms. The molecule has 1 atom stereocenters. The van der Waals surface area contributed by atoms with Crippen molar-refractivity contribution in [3.63, 3.8) is 0 Å². The molecule has 31 heavy (non-hydrogen) atoms. The van der Waals surface area contributed by atoms with Crippen LogP contribution in [0.4, 0.5) is 0 Å². The molecule has 1 aliphatic carbocycles. The minimum Gasteiger partial charge on any atom is -0.457 e. The molecule has 170 valence electrons. The lowest BCUT2D eigenvalue weighted by atomic mass is 9.84. The molecule has 1 saturated carbocycles. The Bertz CT molecular complexity index is 747. The van der Waals surface area contributed by atoms with Gasteiger partial charge in [0.2, 0.25) is 0 Å². The summed E-state index contributed by atoms with van der Waals surface area (Å²) in [5.74, 6) is 2.47. The molecule has 3 rings (SSSR count). The Morgan fingerprint density at radius 2 is 1.81 bits per heavy atom. The molecule has 0 radical (unpaired) electrons. The maximum Gasteiger partial charge on any atom is 0.127 e. The number of nitrogens with one attached hydrogen (secondary N) is 2. The van der Waals surface area contributed by atoms with Gasteiger partial charge in [0.1, 0.15) is 11.5 Å². The van der Waals surface area contributed by atoms with Gasteiger partial charge in [0.15, 0.2) is 0 Å². The zero-order valence-corrected chi connectivity index (χ0v) is 19.2. The third-order valence-electron chi connectivity index (χ3n) is 6.04. The Labute approximate surface area is 192 Å². The van der Waals surface area contributed by atoms with E-state index in [1.807, 2.05) is 36.4 Å². The average molecular weight is 445 g/mol. The minimum atomic E-state index is 0.278. The van der Waals surface area contributed by atoms with Gasteiger partial charge in [0.25, 0.3) is 0 Å². The number of hydrogen-bond donors (Lipinski definition) is 3. The van der Waals surface area contributed by atoms with E-state index in [-0.39, 0.29) is 6.61 Å². The molecule has 3 N–H and O–H groups in total. The number of benzene rings is 2. The van der Waals surface area contributed by atoms with Crippen molar-refractivity contribution in [2.45, 2.75) is 64.0 Å². The van der Waals surface area contributed by atoms with Crippen LogP contribution in [-0.4, -0.2) is 30.8 Å². The normalized spacial score (nSPS) is 15.7. The highest BCUT2D eigenvalue weighted by Gasteiger charge is 2.18. The average Bonchev–Trinajstić information content (AvgIpc) is 2.80. The molecule has 0 aliphatic heterocycles. The van der Waals surface area contributed by atoms with Crippen molar-refractivity contribution in [1.82, 2.24) is 10.6 Å². The number of aliphatic hydroxyl groups excluding tert-OH is 1. The predicted octanol–water partition coefficient (Wildman–Crippen LogP) is 5.92. The maximum atomic E-state index is 8.97. The molecular weight excluding hydrogens is 408 g/mol. The summed E-state index contributed by atoms with van der Waals surface area (Å²) in [5.41, 5.74) is 1.22. The van der Waals surface area contributed by atoms with Crippen molar-refractivity contribution < 1.29 is 9.84 Å². The van der Waals surface area contributed by atoms with Gasteiger partial charge in [-0.25, -0.2) is 0 Å². The van der Waals surface area contributed by atoms with Gasteiger partial charge in [0, 0.05) is 30.8 Å². The van der Waals surface area contributed by atoms with Crippen LogP contribution >= 0.6 is 11.6 Å². The first-order valence-electron chi connectivity index (χ1n) is 11.8. The SMILES string of the molecule is OCCCCNCC(CC1CCCCC1)NCc1cccc(Oc2ccc(Cl)cc2)c1. The standard InChI is InChI=1S/C26H37ClN2O2/c27-23-11-13-25(14-12-23)31-26-10-6-9-22(18-26)19-29-24(20-28-15-4-5-16-30)17-21-7-2-1-3-8-21/h6,9-14,18,21,24,28-30H,1-5,7-8,15-17,19-20H2. The fourth-order valence-corrected chi connectivity index (χ4v) is 4.45. The first-order valence-corrected chi connectivity index (χ1v) is 12.2. The third-order valence-corrected chi connectivity index (χ3v) is 6.29. The zero-order chi connectivity index (χ0) is 21.7. The van der Waals surface area contributed by atoms with Gasteiger partial charge in [-0.1, -0.05) is 55.8 Å². The number of hydrogen-bond acceptors (Lipinski definition) is 4. The summed E-state index contributed by atoms with van der Waals surface area (Å²) >= 11 is 5.96. The number of unbranched alkanes of at least 4 members (excludes halogenated alkanes) is 1. The van der Waals surface area contributed by atoms with Crippen molar-refractivity contribution in [2.75, 3.05) is 19.7 Å². The lowest BCUT2D eigenvalue weighted by molar-refractivity contribution is 0.279. The van der Waals surface area contributed by atoms with Gasteiger partial charge < -0.3 is 20.5 Å². The Balaban J connectivity index is 1.52. The summed E-state index contributed by atoms with van der Waals surface area (Å²) in [6.07, 6.45) is 10.0. The second-order valence-corrected chi connectivity index (χ2v) is 9.09. The summed E-state index contributed by atoms with van der Waals surface area (Å²) in [5, 5.41) is 17.1. The first-order chi connectivity index (χ1) is 15.2. The van der Waals surface area contributed by atoms with Crippen molar-refractivity contribution in [3.8, 4) is 11.5 Å². The molecule has 1 fully saturated rings. The van der Waals surface area contributed by atoms with Crippen LogP contribution in [0.1, 0.15) is 56.9 Å². The van der Waals surface area contributed by atoms with E-state index in [4.69, 9.17) is 21.4 Å². The van der Waals surface area contributed by atoms with Crippen molar-refractivity contribution in [3.05, 3.63) is 59.1 Å². The van der Waals surface area contributed by atoms with Gasteiger partial charge in [0.05, 0.1) is 0 Å². The molecule has 1 aliphatic rings. The Hall–Kier alpha value is -1.59. The van der Waals surface area contributed by atoms with E-state index >= 15 is 0 Å². The van der Waals surface area contributed by atoms with E-state index in [9.17, 15) is 0 Å². The van der Waals surface area contributed by atoms with Crippen molar-refractivity contribution >= 4 is 11.6 Å². The number of rotatable bonds is 13. The molecule has 4 nitrogen and oxygen atoms in total. The van der Waals surface area contributed by atoms with Crippen LogP contribution < -0.4 is 15.4 Å². The Morgan fingerprint density at radius 1 is 1.00 bits per heavy atom. The first kappa shape index (κ1) is 24.1. The van der Waals surface area contributed by atoms with Crippen molar-refractivity contribution in [1.29, 1.82) is 0 Å². The molecular formula is C26H37ClN2O2. The predicted molar refractivity (Wildman–Crippen MR) is 129 cm³/mol. The maximum absolute atomic E-state index is 8.97. The van der Waals surface area contributed by atoms with Crippen LogP contribution in [0.15, 0.2) is 48.5 Å². The molecule has 1 unspecified atom stereocenters. The van der Waals surface area contributed by atoms with Gasteiger partial charge in [-0.2, -0.15) is 0 Å². The highest BCUT2D eigenvalue weighted by molar-refractivity contribution is 6.30. The smallest absolute Gasteiger partial charge is 0.127 e. The molecule has 0 saturated heterocycles. The van der Waals surface area contributed by atoms with Crippen LogP contribution in [-0.2, 0) is 6.54 Å². The minimum absolute atomic E-state index is 0.278. The molecule has 2 aromatic rings. The van der Waals surface area contributed by atoms with Gasteiger partial charge in [-0.05, 0) is 73.7 Å². The Kier molecular flexibility index (Phi) is 10.7. The van der Waals surface area contributed by atoms with E-state index in [2.05, 4.69) is 22.8 Å². The van der Waals surface area contributed by atoms with Crippen LogP contribution in [0, 0.1) is 5.92 Å². The lowest BCUT2D eigenvalue weighted by Crippen LogP contribution is -2.40. The second-order valence-electron chi connectivity index (χ2n) is 8.66. The monoisotopic (exact) mass is 444 g/mol. The fourth-order valence-electron chi connectivity index (χ4n) is 4.32. The summed E-state index contributed by atoms with van der Waals surface area (Å²) in [6.45, 7) is 3.05. The fraction of sp³-hybridized carbons (Fsp3) is 0.538. The van der Waals surface area contributed by atoms with Gasteiger partial charge >= 0.3 is 0 Å². The lowest BCUT2D eigenvalue weighted by Gasteiger charge is -2.27. The highest BCUT2D eigenvalue weighted by Crippen LogP contribution is 2.28. The third kappa shape index (κ3) is 9.20. The van der Waals surface area contributed by atoms with Crippen LogP contribution in [0.25, 0.3) is 0 Å². The Morgan fingerprint density at radius 3 is 2.58 bits per heavy atom. The quantitative estimate of drug-likeness (QED) is 0.335. The van der Waals surface area contributed by atoms with E-state index in [0.29, 0.717) is 11.1 Å². The van der Waals surface area contributed by atoms with E-state index in [0.717, 1.165) is 49.9 Å². The molecule has 0 spiro atoms. The summed E-state index contributed by atoms with van der Waals surface area (Å²) < 4.78 is 5.99. The number of aliphatic hydroxyl groups is 1. The summed E-state index contributed by atoms with van der Waals surface area (Å²) in [4.78, 5) is 0. The molecule has 0 heterocycles. The van der Waals surface area contributed by atoms with Crippen molar-refractivity contribution in [2.24, 2.45) is 5.92 Å². The summed E-state index contributed by atoms with van der Waals surface area (Å²) in [6, 6.07) is 16.2. The van der Waals surface area contributed by atoms with Crippen LogP contribution in [0.3, 0.4) is 0 Å². The zero-order valence-electron chi connectivity index (χ0n) is 18.5. The molecule has 2 aromatic carbocycles. The number of halogens is 1. The molecule has 0 amide bonds. The molecule has 0 bridgehead atoms. The topological polar surface area (TPSA) is 53.5 Å². The van der Waals surface area contributed by atoms with Gasteiger partial charge in [-0.3, -0.25) is 0 Å². The number of ether oxygens (including phenoxy) is 1. The van der Waals surface area contributed by atoms with E-state index in [1.165, 1.54) is 44.1 Å². The largest absolute Gasteiger partial charge is 0.457 e. The van der Waals surface area contributed by atoms with E-state index < -0.39 is 0 Å². The van der Waals surface area contributed by atoms with Crippen LogP contribution in [0.5, 0.6) is 11.5 Å². The summed E-state index contributed by atoms with van der Waals surface area (Å²) in [7, 11) is 0. The van der Waals surface area contributed by atoms with Crippen LogP contribution in [0.2, 0.25) is 5.02 Å². The van der Waals surface area contributed by atoms with Gasteiger partial charge in [-0.15, -0.1) is 0 Å².